The summed E-state index contributed by atoms with van der Waals surface area (Å²) in [5, 5.41) is 11.0. The number of fused-ring (bicyclic) bond motifs is 1. The molecule has 1 N–H and O–H groups in total. The summed E-state index contributed by atoms with van der Waals surface area (Å²) in [6.45, 7) is 25.8. The molecule has 27 heavy (non-hydrogen) atoms. The topological polar surface area (TPSA) is 38.2 Å². The summed E-state index contributed by atoms with van der Waals surface area (Å²) in [4.78, 5) is 7.95. The number of halogens is 1. The first-order valence-corrected chi connectivity index (χ1v) is 10.7. The van der Waals surface area contributed by atoms with E-state index in [4.69, 9.17) is 29.5 Å². The highest BCUT2D eigenvalue weighted by Crippen LogP contribution is 2.58. The summed E-state index contributed by atoms with van der Waals surface area (Å²) in [6, 6.07) is -0.486. The Balaban J connectivity index is 2.03. The number of hydrogen-bond donors (Lipinski definition) is 1. The lowest BCUT2D eigenvalue weighted by Gasteiger charge is -2.57. The predicted octanol–water partition coefficient (Wildman–Crippen LogP) is 5.09. The third-order valence-corrected chi connectivity index (χ3v) is 8.72. The minimum Gasteiger partial charge on any atom is -0.382 e. The Morgan fingerprint density at radius 2 is 1.59 bits per heavy atom. The van der Waals surface area contributed by atoms with E-state index < -0.39 is 22.8 Å². The summed E-state index contributed by atoms with van der Waals surface area (Å²) in [6.07, 6.45) is 4.83. The molecule has 5 heteroatoms. The molecule has 2 aliphatic carbocycles. The minimum absolute atomic E-state index is 0.0215. The van der Waals surface area contributed by atoms with Gasteiger partial charge in [0, 0.05) is 19.3 Å². The second kappa shape index (κ2) is 6.62. The van der Waals surface area contributed by atoms with Crippen LogP contribution in [0.25, 0.3) is 9.69 Å². The highest BCUT2D eigenvalue weighted by atomic mass is 35.5. The van der Waals surface area contributed by atoms with Crippen LogP contribution in [-0.2, 0) is 4.74 Å². The van der Waals surface area contributed by atoms with E-state index in [9.17, 15) is 5.11 Å². The van der Waals surface area contributed by atoms with E-state index in [0.717, 1.165) is 32.1 Å². The molecule has 0 aromatic heterocycles. The van der Waals surface area contributed by atoms with Crippen LogP contribution in [0.5, 0.6) is 0 Å². The number of alkyl halides is 1. The zero-order valence-electron chi connectivity index (χ0n) is 17.3. The molecule has 0 aromatic carbocycles. The summed E-state index contributed by atoms with van der Waals surface area (Å²) in [5.74, 6) is 0.267. The molecular formula is C22H33ClN2O2. The van der Waals surface area contributed by atoms with Gasteiger partial charge in [-0.25, -0.2) is 13.1 Å². The van der Waals surface area contributed by atoms with Crippen molar-refractivity contribution < 1.29 is 9.84 Å². The van der Waals surface area contributed by atoms with E-state index in [2.05, 4.69) is 37.4 Å². The Morgan fingerprint density at radius 3 is 2.15 bits per heavy atom. The van der Waals surface area contributed by atoms with Gasteiger partial charge in [0.05, 0.1) is 22.5 Å². The first-order chi connectivity index (χ1) is 12.4. The Labute approximate surface area is 169 Å². The molecule has 8 atom stereocenters. The fraction of sp³-hybridized carbons (Fsp3) is 0.909. The van der Waals surface area contributed by atoms with Crippen molar-refractivity contribution in [3.8, 4) is 0 Å². The fourth-order valence-electron chi connectivity index (χ4n) is 6.29. The molecule has 0 unspecified atom stereocenters. The molecule has 1 aliphatic heterocycles. The largest absolute Gasteiger partial charge is 0.382 e. The van der Waals surface area contributed by atoms with Gasteiger partial charge in [-0.1, -0.05) is 0 Å². The maximum absolute atomic E-state index is 11.0. The van der Waals surface area contributed by atoms with Crippen LogP contribution in [0.3, 0.4) is 0 Å². The first kappa shape index (κ1) is 20.9. The molecule has 0 bridgehead atoms. The molecule has 0 radical (unpaired) electrons. The second-order valence-corrected chi connectivity index (χ2v) is 10.8. The molecule has 1 saturated heterocycles. The highest BCUT2D eigenvalue weighted by molar-refractivity contribution is 6.21. The van der Waals surface area contributed by atoms with Crippen molar-refractivity contribution in [2.45, 2.75) is 107 Å². The van der Waals surface area contributed by atoms with Crippen LogP contribution in [0.1, 0.15) is 73.1 Å². The summed E-state index contributed by atoms with van der Waals surface area (Å²) in [5.41, 5.74) is -2.25. The number of ether oxygens (including phenoxy) is 1. The molecule has 1 heterocycles. The highest BCUT2D eigenvalue weighted by Gasteiger charge is 2.66. The van der Waals surface area contributed by atoms with Crippen LogP contribution in [-0.4, -0.2) is 38.9 Å². The van der Waals surface area contributed by atoms with Gasteiger partial charge in [-0.2, -0.15) is 0 Å². The number of hydrogen-bond acceptors (Lipinski definition) is 2. The normalized spacial score (nSPS) is 52.3. The Kier molecular flexibility index (Phi) is 5.13. The lowest BCUT2D eigenvalue weighted by atomic mass is 9.51. The van der Waals surface area contributed by atoms with Crippen molar-refractivity contribution in [3.63, 3.8) is 0 Å². The zero-order valence-corrected chi connectivity index (χ0v) is 18.0. The van der Waals surface area contributed by atoms with Crippen LogP contribution in [0, 0.1) is 30.9 Å². The van der Waals surface area contributed by atoms with Crippen LogP contribution in [0.2, 0.25) is 0 Å². The van der Waals surface area contributed by atoms with Crippen LogP contribution in [0.4, 0.5) is 0 Å². The van der Waals surface area contributed by atoms with E-state index in [-0.39, 0.29) is 28.7 Å². The average molecular weight is 393 g/mol. The van der Waals surface area contributed by atoms with Gasteiger partial charge >= 0.3 is 0 Å². The van der Waals surface area contributed by atoms with E-state index in [1.165, 1.54) is 0 Å². The van der Waals surface area contributed by atoms with Crippen molar-refractivity contribution in [1.29, 1.82) is 0 Å². The SMILES string of the molecule is [C-]#[N+][C@@H]1[C@@H]2[C@@H]([C@@]3(C)CC[C@@H](Cl)C(C)(C)O3)CC[C@](C)([N+]#[C-])[C@H]2CC[C@@]1(C)O. The molecular weight excluding hydrogens is 360 g/mol. The van der Waals surface area contributed by atoms with Gasteiger partial charge < -0.3 is 19.5 Å². The van der Waals surface area contributed by atoms with Gasteiger partial charge in [0.2, 0.25) is 5.54 Å². The third kappa shape index (κ3) is 3.29. The second-order valence-electron chi connectivity index (χ2n) is 10.3. The maximum atomic E-state index is 11.0. The molecule has 4 nitrogen and oxygen atoms in total. The number of nitrogens with zero attached hydrogens (tertiary/aromatic N) is 2. The zero-order chi connectivity index (χ0) is 20.3. The van der Waals surface area contributed by atoms with Crippen molar-refractivity contribution >= 4 is 11.6 Å². The fourth-order valence-corrected chi connectivity index (χ4v) is 6.44. The van der Waals surface area contributed by atoms with Crippen molar-refractivity contribution in [3.05, 3.63) is 22.8 Å². The molecule has 0 spiro atoms. The number of rotatable bonds is 1. The summed E-state index contributed by atoms with van der Waals surface area (Å²) in [7, 11) is 0. The standard InChI is InChI=1S/C22H33ClN2O2/c1-19(2)16(23)10-13-22(5,27-19)15-8-11-20(3,25-7)14-9-12-21(4,26)18(24-6)17(14)15/h14-18,26H,8-13H2,1-5H3/t14-,15-,16+,17-,18+,20-,21+,22+/m0/s1. The molecule has 0 aromatic rings. The lowest BCUT2D eigenvalue weighted by Crippen LogP contribution is -2.64. The van der Waals surface area contributed by atoms with Crippen LogP contribution in [0.15, 0.2) is 0 Å². The number of aliphatic hydroxyl groups is 1. The Bertz CT molecular complexity index is 679. The summed E-state index contributed by atoms with van der Waals surface area (Å²) < 4.78 is 6.63. The van der Waals surface area contributed by atoms with Crippen molar-refractivity contribution in [2.24, 2.45) is 17.8 Å². The third-order valence-electron chi connectivity index (χ3n) is 7.98. The molecule has 3 rings (SSSR count). The van der Waals surface area contributed by atoms with E-state index in [1.54, 1.807) is 6.92 Å². The Morgan fingerprint density at radius 1 is 0.963 bits per heavy atom. The Hall–Kier alpha value is -0.810. The molecule has 150 valence electrons. The quantitative estimate of drug-likeness (QED) is 0.498. The molecule has 0 amide bonds. The van der Waals surface area contributed by atoms with Crippen molar-refractivity contribution in [1.82, 2.24) is 0 Å². The maximum Gasteiger partial charge on any atom is 0.255 e. The van der Waals surface area contributed by atoms with Gasteiger partial charge in [0.1, 0.15) is 5.60 Å². The molecule has 3 fully saturated rings. The van der Waals surface area contributed by atoms with Crippen molar-refractivity contribution in [2.75, 3.05) is 0 Å². The molecule has 3 aliphatic rings. The average Bonchev–Trinajstić information content (AvgIpc) is 2.57. The minimum atomic E-state index is -1.00. The van der Waals surface area contributed by atoms with E-state index >= 15 is 0 Å². The smallest absolute Gasteiger partial charge is 0.255 e. The van der Waals surface area contributed by atoms with Gasteiger partial charge in [-0.05, 0) is 65.7 Å². The molecule has 2 saturated carbocycles. The first-order valence-electron chi connectivity index (χ1n) is 10.2. The van der Waals surface area contributed by atoms with Gasteiger partial charge in [0.15, 0.2) is 0 Å². The van der Waals surface area contributed by atoms with E-state index in [1.807, 2.05) is 0 Å². The van der Waals surface area contributed by atoms with E-state index in [0.29, 0.717) is 6.42 Å². The summed E-state index contributed by atoms with van der Waals surface area (Å²) >= 11 is 6.53. The van der Waals surface area contributed by atoms with Crippen LogP contribution >= 0.6 is 11.6 Å². The predicted molar refractivity (Wildman–Crippen MR) is 107 cm³/mol. The van der Waals surface area contributed by atoms with Gasteiger partial charge in [0.25, 0.3) is 6.04 Å². The van der Waals surface area contributed by atoms with Gasteiger partial charge in [-0.15, -0.1) is 11.6 Å². The van der Waals surface area contributed by atoms with Crippen LogP contribution < -0.4 is 0 Å². The lowest BCUT2D eigenvalue weighted by molar-refractivity contribution is -0.217. The van der Waals surface area contributed by atoms with Gasteiger partial charge in [-0.3, -0.25) is 0 Å². The monoisotopic (exact) mass is 392 g/mol.